The van der Waals surface area contributed by atoms with E-state index in [1.54, 1.807) is 17.8 Å². The summed E-state index contributed by atoms with van der Waals surface area (Å²) in [6.45, 7) is 4.77. The zero-order chi connectivity index (χ0) is 17.4. The predicted octanol–water partition coefficient (Wildman–Crippen LogP) is 2.84. The second-order valence-electron chi connectivity index (χ2n) is 5.52. The van der Waals surface area contributed by atoms with Crippen LogP contribution in [0.2, 0.25) is 0 Å². The first-order valence-corrected chi connectivity index (χ1v) is 8.06. The molecular weight excluding hydrogens is 302 g/mol. The number of aromatic nitrogens is 2. The van der Waals surface area contributed by atoms with Crippen LogP contribution in [0.4, 0.5) is 0 Å². The zero-order valence-corrected chi connectivity index (χ0v) is 14.4. The number of ether oxygens (including phenoxy) is 1. The summed E-state index contributed by atoms with van der Waals surface area (Å²) in [4.78, 5) is 12.2. The Balaban J connectivity index is 1.89. The molecule has 0 saturated carbocycles. The quantitative estimate of drug-likeness (QED) is 0.831. The lowest BCUT2D eigenvalue weighted by Crippen LogP contribution is -2.25. The summed E-state index contributed by atoms with van der Waals surface area (Å²) >= 11 is 0. The maximum absolute atomic E-state index is 12.2. The second-order valence-corrected chi connectivity index (χ2v) is 5.52. The maximum atomic E-state index is 12.2. The predicted molar refractivity (Wildman–Crippen MR) is 93.7 cm³/mol. The molecule has 1 aromatic heterocycles. The minimum atomic E-state index is -0.144. The molecule has 0 aliphatic heterocycles. The molecule has 0 fully saturated rings. The van der Waals surface area contributed by atoms with Gasteiger partial charge in [0.25, 0.3) is 5.91 Å². The lowest BCUT2D eigenvalue weighted by molar-refractivity contribution is 0.0941. The Morgan fingerprint density at radius 1 is 1.33 bits per heavy atom. The minimum absolute atomic E-state index is 0.144. The number of carbonyl (C=O) groups is 1. The van der Waals surface area contributed by atoms with E-state index in [-0.39, 0.29) is 5.91 Å². The topological polar surface area (TPSA) is 56.1 Å². The fraction of sp³-hybridized carbons (Fsp3) is 0.368. The van der Waals surface area contributed by atoms with Gasteiger partial charge in [-0.1, -0.05) is 30.9 Å². The first-order valence-electron chi connectivity index (χ1n) is 8.06. The highest BCUT2D eigenvalue weighted by Gasteiger charge is 2.11. The monoisotopic (exact) mass is 325 g/mol. The number of carbonyl (C=O) groups excluding carboxylic acids is 1. The van der Waals surface area contributed by atoms with E-state index in [0.717, 1.165) is 29.8 Å². The van der Waals surface area contributed by atoms with Crippen molar-refractivity contribution >= 4 is 5.91 Å². The standard InChI is InChI=1S/C19H23N3O2/c1-4-5-6-7-11-24-17-10-8-9-16(13-17)14-20-19(23)18-12-15(2)21-22(18)3/h8-10,12-13H,4-5,11,14H2,1-3H3,(H,20,23). The molecule has 126 valence electrons. The van der Waals surface area contributed by atoms with E-state index in [2.05, 4.69) is 29.2 Å². The van der Waals surface area contributed by atoms with E-state index in [4.69, 9.17) is 4.74 Å². The average Bonchev–Trinajstić information content (AvgIpc) is 2.91. The van der Waals surface area contributed by atoms with Crippen molar-refractivity contribution in [3.63, 3.8) is 0 Å². The summed E-state index contributed by atoms with van der Waals surface area (Å²) < 4.78 is 7.19. The Hall–Kier alpha value is -2.74. The van der Waals surface area contributed by atoms with Gasteiger partial charge in [-0.2, -0.15) is 5.10 Å². The van der Waals surface area contributed by atoms with Gasteiger partial charge in [-0.05, 0) is 37.1 Å². The summed E-state index contributed by atoms with van der Waals surface area (Å²) in [5.41, 5.74) is 2.34. The lowest BCUT2D eigenvalue weighted by Gasteiger charge is -2.07. The van der Waals surface area contributed by atoms with Crippen LogP contribution in [0.1, 0.15) is 41.5 Å². The van der Waals surface area contributed by atoms with Crippen molar-refractivity contribution < 1.29 is 9.53 Å². The Morgan fingerprint density at radius 3 is 2.88 bits per heavy atom. The first kappa shape index (κ1) is 17.6. The van der Waals surface area contributed by atoms with Gasteiger partial charge in [0.05, 0.1) is 5.69 Å². The van der Waals surface area contributed by atoms with E-state index < -0.39 is 0 Å². The molecule has 0 aliphatic rings. The van der Waals surface area contributed by atoms with E-state index >= 15 is 0 Å². The summed E-state index contributed by atoms with van der Waals surface area (Å²) in [6.07, 6.45) is 1.95. The Bertz CT molecular complexity index is 753. The molecule has 2 aromatic rings. The van der Waals surface area contributed by atoms with E-state index in [1.807, 2.05) is 31.2 Å². The van der Waals surface area contributed by atoms with E-state index in [9.17, 15) is 4.79 Å². The fourth-order valence-electron chi connectivity index (χ4n) is 2.23. The minimum Gasteiger partial charge on any atom is -0.481 e. The molecular formula is C19H23N3O2. The molecule has 0 radical (unpaired) electrons. The van der Waals surface area contributed by atoms with Crippen molar-refractivity contribution in [1.82, 2.24) is 15.1 Å². The van der Waals surface area contributed by atoms with Crippen LogP contribution in [0.25, 0.3) is 0 Å². The van der Waals surface area contributed by atoms with Crippen LogP contribution < -0.4 is 10.1 Å². The third-order valence-electron chi connectivity index (χ3n) is 3.40. The smallest absolute Gasteiger partial charge is 0.269 e. The number of unbranched alkanes of at least 4 members (excludes halogenated alkanes) is 1. The molecule has 0 bridgehead atoms. The molecule has 0 atom stereocenters. The Labute approximate surface area is 143 Å². The summed E-state index contributed by atoms with van der Waals surface area (Å²) in [5.74, 6) is 6.64. The molecule has 0 unspecified atom stereocenters. The largest absolute Gasteiger partial charge is 0.481 e. The van der Waals surface area contributed by atoms with Gasteiger partial charge in [0.2, 0.25) is 0 Å². The van der Waals surface area contributed by atoms with E-state index in [1.165, 1.54) is 0 Å². The third-order valence-corrected chi connectivity index (χ3v) is 3.40. The number of hydrogen-bond acceptors (Lipinski definition) is 3. The molecule has 1 heterocycles. The summed E-state index contributed by atoms with van der Waals surface area (Å²) in [6, 6.07) is 9.42. The van der Waals surface area contributed by atoms with Gasteiger partial charge >= 0.3 is 0 Å². The second kappa shape index (κ2) is 8.78. The Morgan fingerprint density at radius 2 is 2.17 bits per heavy atom. The first-order chi connectivity index (χ1) is 11.6. The van der Waals surface area contributed by atoms with Crippen LogP contribution in [0.5, 0.6) is 5.75 Å². The van der Waals surface area contributed by atoms with Crippen LogP contribution in [0, 0.1) is 18.8 Å². The maximum Gasteiger partial charge on any atom is 0.269 e. The fourth-order valence-corrected chi connectivity index (χ4v) is 2.23. The zero-order valence-electron chi connectivity index (χ0n) is 14.4. The molecule has 5 heteroatoms. The number of rotatable bonds is 6. The van der Waals surface area contributed by atoms with Crippen LogP contribution in [0.15, 0.2) is 30.3 Å². The van der Waals surface area contributed by atoms with Crippen LogP contribution in [-0.2, 0) is 13.6 Å². The molecule has 24 heavy (non-hydrogen) atoms. The van der Waals surface area contributed by atoms with Crippen molar-refractivity contribution in [1.29, 1.82) is 0 Å². The number of amides is 1. The van der Waals surface area contributed by atoms with Gasteiger partial charge in [0, 0.05) is 20.0 Å². The van der Waals surface area contributed by atoms with Crippen LogP contribution in [-0.4, -0.2) is 22.3 Å². The highest BCUT2D eigenvalue weighted by molar-refractivity contribution is 5.92. The van der Waals surface area contributed by atoms with Gasteiger partial charge in [0.1, 0.15) is 18.1 Å². The summed E-state index contributed by atoms with van der Waals surface area (Å²) in [7, 11) is 1.76. The number of hydrogen-bond donors (Lipinski definition) is 1. The van der Waals surface area contributed by atoms with Gasteiger partial charge < -0.3 is 10.1 Å². The van der Waals surface area contributed by atoms with Gasteiger partial charge in [0.15, 0.2) is 0 Å². The number of nitrogens with one attached hydrogen (secondary N) is 1. The molecule has 1 aromatic carbocycles. The van der Waals surface area contributed by atoms with Crippen molar-refractivity contribution in [2.45, 2.75) is 33.2 Å². The molecule has 0 spiro atoms. The van der Waals surface area contributed by atoms with Crippen LogP contribution in [0.3, 0.4) is 0 Å². The van der Waals surface area contributed by atoms with Gasteiger partial charge in [-0.15, -0.1) is 0 Å². The number of nitrogens with zero attached hydrogens (tertiary/aromatic N) is 2. The number of benzene rings is 1. The average molecular weight is 325 g/mol. The number of aryl methyl sites for hydroxylation is 2. The molecule has 2 rings (SSSR count). The van der Waals surface area contributed by atoms with Crippen molar-refractivity contribution in [2.75, 3.05) is 6.61 Å². The lowest BCUT2D eigenvalue weighted by atomic mass is 10.2. The highest BCUT2D eigenvalue weighted by Crippen LogP contribution is 2.13. The molecule has 0 aliphatic carbocycles. The Kier molecular flexibility index (Phi) is 6.44. The normalized spacial score (nSPS) is 9.96. The highest BCUT2D eigenvalue weighted by atomic mass is 16.5. The van der Waals surface area contributed by atoms with Gasteiger partial charge in [-0.25, -0.2) is 0 Å². The van der Waals surface area contributed by atoms with Gasteiger partial charge in [-0.3, -0.25) is 9.48 Å². The SMILES string of the molecule is CCCC#CCOc1cccc(CNC(=O)c2cc(C)nn2C)c1. The molecule has 1 N–H and O–H groups in total. The van der Waals surface area contributed by atoms with Crippen molar-refractivity contribution in [2.24, 2.45) is 7.05 Å². The van der Waals surface area contributed by atoms with Crippen LogP contribution >= 0.6 is 0 Å². The van der Waals surface area contributed by atoms with Crippen molar-refractivity contribution in [3.05, 3.63) is 47.3 Å². The molecule has 5 nitrogen and oxygen atoms in total. The molecule has 0 saturated heterocycles. The summed E-state index contributed by atoms with van der Waals surface area (Å²) in [5, 5.41) is 7.08. The molecule has 1 amide bonds. The third kappa shape index (κ3) is 5.17. The van der Waals surface area contributed by atoms with E-state index in [0.29, 0.717) is 18.8 Å². The van der Waals surface area contributed by atoms with Crippen molar-refractivity contribution in [3.8, 4) is 17.6 Å².